The van der Waals surface area contributed by atoms with Crippen molar-refractivity contribution in [3.05, 3.63) is 53.2 Å². The van der Waals surface area contributed by atoms with E-state index >= 15 is 0 Å². The van der Waals surface area contributed by atoms with Crippen molar-refractivity contribution >= 4 is 17.6 Å². The summed E-state index contributed by atoms with van der Waals surface area (Å²) in [6, 6.07) is 8.12. The molecule has 0 spiro atoms. The van der Waals surface area contributed by atoms with E-state index in [2.05, 4.69) is 29.4 Å². The monoisotopic (exact) mass is 461 g/mol. The number of benzene rings is 1. The summed E-state index contributed by atoms with van der Waals surface area (Å²) >= 11 is 0. The van der Waals surface area contributed by atoms with Crippen LogP contribution >= 0.6 is 0 Å². The average molecular weight is 461 g/mol. The van der Waals surface area contributed by atoms with E-state index in [1.54, 1.807) is 12.1 Å². The molecule has 1 unspecified atom stereocenters. The fourth-order valence-corrected chi connectivity index (χ4v) is 4.07. The van der Waals surface area contributed by atoms with Gasteiger partial charge in [-0.2, -0.15) is 13.2 Å². The van der Waals surface area contributed by atoms with Crippen molar-refractivity contribution in [2.75, 3.05) is 37.6 Å². The molecule has 1 aliphatic heterocycles. The number of nitrogens with one attached hydrogen (secondary N) is 1. The summed E-state index contributed by atoms with van der Waals surface area (Å²) in [7, 11) is 0. The van der Waals surface area contributed by atoms with Gasteiger partial charge in [0.25, 0.3) is 11.8 Å². The van der Waals surface area contributed by atoms with Crippen LogP contribution in [0.4, 0.5) is 19.0 Å². The van der Waals surface area contributed by atoms with Crippen LogP contribution in [0.3, 0.4) is 0 Å². The van der Waals surface area contributed by atoms with Gasteiger partial charge in [-0.05, 0) is 42.0 Å². The lowest BCUT2D eigenvalue weighted by atomic mass is 10.1. The number of alkyl halides is 3. The predicted molar refractivity (Wildman–Crippen MR) is 116 cm³/mol. The van der Waals surface area contributed by atoms with Gasteiger partial charge in [0, 0.05) is 32.7 Å². The van der Waals surface area contributed by atoms with Crippen molar-refractivity contribution < 1.29 is 22.8 Å². The van der Waals surface area contributed by atoms with Gasteiger partial charge in [0.1, 0.15) is 0 Å². The van der Waals surface area contributed by atoms with Crippen LogP contribution in [0.1, 0.15) is 46.7 Å². The number of rotatable bonds is 5. The molecule has 1 aromatic carbocycles. The third-order valence-electron chi connectivity index (χ3n) is 6.46. The quantitative estimate of drug-likeness (QED) is 0.740. The van der Waals surface area contributed by atoms with E-state index in [4.69, 9.17) is 0 Å². The first-order chi connectivity index (χ1) is 15.6. The number of halogens is 3. The van der Waals surface area contributed by atoms with Crippen LogP contribution < -0.4 is 10.2 Å². The van der Waals surface area contributed by atoms with Crippen molar-refractivity contribution in [2.45, 2.75) is 26.4 Å². The van der Waals surface area contributed by atoms with Crippen LogP contribution in [-0.4, -0.2) is 59.6 Å². The summed E-state index contributed by atoms with van der Waals surface area (Å²) in [5.74, 6) is 0.128. The van der Waals surface area contributed by atoms with Crippen LogP contribution in [0.5, 0.6) is 0 Å². The maximum Gasteiger partial charge on any atom is 0.417 e. The van der Waals surface area contributed by atoms with E-state index in [9.17, 15) is 22.8 Å². The van der Waals surface area contributed by atoms with Crippen molar-refractivity contribution in [3.8, 4) is 0 Å². The highest BCUT2D eigenvalue weighted by Gasteiger charge is 2.45. The molecular formula is C23H26F3N5O2. The van der Waals surface area contributed by atoms with E-state index < -0.39 is 17.6 Å². The number of nitrogens with zero attached hydrogens (tertiary/aromatic N) is 4. The Labute approximate surface area is 190 Å². The van der Waals surface area contributed by atoms with Gasteiger partial charge in [-0.25, -0.2) is 0 Å². The molecule has 10 heteroatoms. The summed E-state index contributed by atoms with van der Waals surface area (Å²) in [5, 5.41) is 11.0. The molecule has 1 aliphatic carbocycles. The minimum absolute atomic E-state index is 0.231. The molecule has 2 fully saturated rings. The summed E-state index contributed by atoms with van der Waals surface area (Å²) < 4.78 is 39.8. The molecule has 33 heavy (non-hydrogen) atoms. The average Bonchev–Trinajstić information content (AvgIpc) is 3.43. The Kier molecular flexibility index (Phi) is 6.02. The van der Waals surface area contributed by atoms with Crippen molar-refractivity contribution in [1.29, 1.82) is 0 Å². The topological polar surface area (TPSA) is 78.4 Å². The van der Waals surface area contributed by atoms with Gasteiger partial charge in [0.15, 0.2) is 11.5 Å². The van der Waals surface area contributed by atoms with E-state index in [-0.39, 0.29) is 35.7 Å². The van der Waals surface area contributed by atoms with E-state index in [0.29, 0.717) is 31.4 Å². The normalized spacial score (nSPS) is 19.8. The Hall–Kier alpha value is -3.17. The number of carbonyl (C=O) groups is 2. The second kappa shape index (κ2) is 8.64. The second-order valence-corrected chi connectivity index (χ2v) is 9.20. The number of aromatic nitrogens is 2. The van der Waals surface area contributed by atoms with Crippen LogP contribution in [0, 0.1) is 11.3 Å². The number of carbonyl (C=O) groups excluding carboxylic acids is 2. The van der Waals surface area contributed by atoms with Gasteiger partial charge in [0.05, 0.1) is 11.1 Å². The molecular weight excluding hydrogens is 435 g/mol. The third-order valence-corrected chi connectivity index (χ3v) is 6.46. The van der Waals surface area contributed by atoms with Crippen molar-refractivity contribution in [3.63, 3.8) is 0 Å². The lowest BCUT2D eigenvalue weighted by Gasteiger charge is -2.35. The Bertz CT molecular complexity index is 1030. The maximum atomic E-state index is 13.3. The first-order valence-electron chi connectivity index (χ1n) is 10.9. The zero-order valence-electron chi connectivity index (χ0n) is 18.5. The fraction of sp³-hybridized carbons (Fsp3) is 0.478. The van der Waals surface area contributed by atoms with Crippen LogP contribution in [0.2, 0.25) is 0 Å². The van der Waals surface area contributed by atoms with E-state index in [0.717, 1.165) is 12.5 Å². The first kappa shape index (κ1) is 23.0. The van der Waals surface area contributed by atoms with Crippen LogP contribution in [0.25, 0.3) is 0 Å². The first-order valence-corrected chi connectivity index (χ1v) is 10.9. The minimum Gasteiger partial charge on any atom is -0.352 e. The molecule has 1 N–H and O–H groups in total. The fourth-order valence-electron chi connectivity index (χ4n) is 4.07. The SMILES string of the molecule is CC1(C)CC1CNC(=O)c1ccc(N2CCN(C(=O)c3ccccc3C(F)(F)F)CC2)nn1. The highest BCUT2D eigenvalue weighted by atomic mass is 19.4. The molecule has 1 atom stereocenters. The van der Waals surface area contributed by atoms with Crippen LogP contribution in [0.15, 0.2) is 36.4 Å². The zero-order chi connectivity index (χ0) is 23.8. The summed E-state index contributed by atoms with van der Waals surface area (Å²) in [5.41, 5.74) is -0.762. The van der Waals surface area contributed by atoms with Gasteiger partial charge >= 0.3 is 6.18 Å². The maximum absolute atomic E-state index is 13.3. The molecule has 2 amide bonds. The molecule has 1 saturated carbocycles. The largest absolute Gasteiger partial charge is 0.417 e. The van der Waals surface area contributed by atoms with Crippen LogP contribution in [-0.2, 0) is 6.18 Å². The molecule has 4 rings (SSSR count). The molecule has 2 aliphatic rings. The van der Waals surface area contributed by atoms with E-state index in [1.165, 1.54) is 23.1 Å². The zero-order valence-corrected chi connectivity index (χ0v) is 18.5. The minimum atomic E-state index is -4.59. The van der Waals surface area contributed by atoms with Crippen molar-refractivity contribution in [2.24, 2.45) is 11.3 Å². The molecule has 0 radical (unpaired) electrons. The number of amides is 2. The molecule has 7 nitrogen and oxygen atoms in total. The Morgan fingerprint density at radius 2 is 1.73 bits per heavy atom. The summed E-state index contributed by atoms with van der Waals surface area (Å²) in [6.07, 6.45) is -3.50. The molecule has 1 saturated heterocycles. The number of anilines is 1. The lowest BCUT2D eigenvalue weighted by molar-refractivity contribution is -0.138. The second-order valence-electron chi connectivity index (χ2n) is 9.20. The van der Waals surface area contributed by atoms with Gasteiger partial charge < -0.3 is 15.1 Å². The number of hydrogen-bond donors (Lipinski definition) is 1. The summed E-state index contributed by atoms with van der Waals surface area (Å²) in [4.78, 5) is 28.3. The predicted octanol–water partition coefficient (Wildman–Crippen LogP) is 3.23. The summed E-state index contributed by atoms with van der Waals surface area (Å²) in [6.45, 7) is 6.26. The molecule has 1 aromatic heterocycles. The number of piperazine rings is 1. The van der Waals surface area contributed by atoms with Crippen molar-refractivity contribution in [1.82, 2.24) is 20.4 Å². The Morgan fingerprint density at radius 3 is 2.30 bits per heavy atom. The molecule has 176 valence electrons. The Balaban J connectivity index is 1.33. The smallest absolute Gasteiger partial charge is 0.352 e. The molecule has 0 bridgehead atoms. The van der Waals surface area contributed by atoms with Gasteiger partial charge in [0.2, 0.25) is 0 Å². The highest BCUT2D eigenvalue weighted by Crippen LogP contribution is 2.51. The lowest BCUT2D eigenvalue weighted by Crippen LogP contribution is -2.49. The van der Waals surface area contributed by atoms with Gasteiger partial charge in [-0.15, -0.1) is 10.2 Å². The Morgan fingerprint density at radius 1 is 1.06 bits per heavy atom. The highest BCUT2D eigenvalue weighted by molar-refractivity contribution is 5.96. The molecule has 2 aromatic rings. The van der Waals surface area contributed by atoms with Gasteiger partial charge in [-0.1, -0.05) is 26.0 Å². The molecule has 2 heterocycles. The number of hydrogen-bond acceptors (Lipinski definition) is 5. The standard InChI is InChI=1S/C23H26F3N5O2/c1-22(2)13-15(22)14-27-20(32)18-7-8-19(29-28-18)30-9-11-31(12-10-30)21(33)16-5-3-4-6-17(16)23(24,25)26/h3-8,15H,9-14H2,1-2H3,(H,27,32). The third kappa shape index (κ3) is 5.09. The van der Waals surface area contributed by atoms with E-state index in [1.807, 2.05) is 4.90 Å². The van der Waals surface area contributed by atoms with Gasteiger partial charge in [-0.3, -0.25) is 9.59 Å².